The van der Waals surface area contributed by atoms with Crippen LogP contribution in [0.15, 0.2) is 24.3 Å². The number of benzene rings is 1. The standard InChI is InChI=1S/C18H27NO2/c1-4-21-18(20)10-9-17-16-8-6-5-7-15(16)11-12-19(17)13-14(2)3/h5-8,14,17H,4,9-13H2,1-3H3. The number of hydrogen-bond acceptors (Lipinski definition) is 3. The Labute approximate surface area is 128 Å². The van der Waals surface area contributed by atoms with E-state index in [1.54, 1.807) is 0 Å². The first-order valence-corrected chi connectivity index (χ1v) is 8.09. The molecule has 3 heteroatoms. The number of esters is 1. The van der Waals surface area contributed by atoms with Crippen LogP contribution in [0.5, 0.6) is 0 Å². The molecule has 0 saturated carbocycles. The van der Waals surface area contributed by atoms with E-state index < -0.39 is 0 Å². The third kappa shape index (κ3) is 4.31. The lowest BCUT2D eigenvalue weighted by atomic mass is 9.89. The molecule has 0 amide bonds. The Kier molecular flexibility index (Phi) is 5.80. The average Bonchev–Trinajstić information content (AvgIpc) is 2.45. The molecule has 0 fully saturated rings. The summed E-state index contributed by atoms with van der Waals surface area (Å²) >= 11 is 0. The van der Waals surface area contributed by atoms with E-state index in [2.05, 4.69) is 43.0 Å². The van der Waals surface area contributed by atoms with Gasteiger partial charge in [0, 0.05) is 25.6 Å². The molecule has 0 saturated heterocycles. The van der Waals surface area contributed by atoms with Gasteiger partial charge in [0.05, 0.1) is 6.61 Å². The molecule has 1 unspecified atom stereocenters. The van der Waals surface area contributed by atoms with Crippen molar-refractivity contribution in [2.45, 2.75) is 46.1 Å². The van der Waals surface area contributed by atoms with E-state index in [1.807, 2.05) is 6.92 Å². The maximum Gasteiger partial charge on any atom is 0.305 e. The van der Waals surface area contributed by atoms with Crippen molar-refractivity contribution in [2.75, 3.05) is 19.7 Å². The molecule has 1 atom stereocenters. The molecule has 21 heavy (non-hydrogen) atoms. The van der Waals surface area contributed by atoms with Crippen LogP contribution < -0.4 is 0 Å². The number of nitrogens with zero attached hydrogens (tertiary/aromatic N) is 1. The second-order valence-corrected chi connectivity index (χ2v) is 6.20. The summed E-state index contributed by atoms with van der Waals surface area (Å²) in [5.41, 5.74) is 2.83. The summed E-state index contributed by atoms with van der Waals surface area (Å²) in [6.45, 7) is 9.00. The molecule has 0 aromatic heterocycles. The van der Waals surface area contributed by atoms with Crippen LogP contribution >= 0.6 is 0 Å². The Morgan fingerprint density at radius 2 is 2.14 bits per heavy atom. The van der Waals surface area contributed by atoms with Gasteiger partial charge >= 0.3 is 5.97 Å². The Balaban J connectivity index is 2.12. The summed E-state index contributed by atoms with van der Waals surface area (Å²) in [4.78, 5) is 14.2. The summed E-state index contributed by atoms with van der Waals surface area (Å²) in [7, 11) is 0. The number of fused-ring (bicyclic) bond motifs is 1. The summed E-state index contributed by atoms with van der Waals surface area (Å²) < 4.78 is 5.08. The zero-order valence-electron chi connectivity index (χ0n) is 13.5. The van der Waals surface area contributed by atoms with Crippen molar-refractivity contribution >= 4 is 5.97 Å². The van der Waals surface area contributed by atoms with Gasteiger partial charge in [0.1, 0.15) is 0 Å². The highest BCUT2D eigenvalue weighted by atomic mass is 16.5. The third-order valence-electron chi connectivity index (χ3n) is 4.05. The van der Waals surface area contributed by atoms with Crippen molar-refractivity contribution in [1.29, 1.82) is 0 Å². The van der Waals surface area contributed by atoms with Crippen LogP contribution in [0.4, 0.5) is 0 Å². The van der Waals surface area contributed by atoms with Crippen LogP contribution in [-0.2, 0) is 16.0 Å². The highest BCUT2D eigenvalue weighted by Crippen LogP contribution is 2.33. The quantitative estimate of drug-likeness (QED) is 0.750. The lowest BCUT2D eigenvalue weighted by Gasteiger charge is -2.38. The van der Waals surface area contributed by atoms with Crippen LogP contribution in [-0.4, -0.2) is 30.6 Å². The molecule has 1 heterocycles. The highest BCUT2D eigenvalue weighted by molar-refractivity contribution is 5.69. The van der Waals surface area contributed by atoms with Gasteiger partial charge in [0.25, 0.3) is 0 Å². The first-order chi connectivity index (χ1) is 10.1. The van der Waals surface area contributed by atoms with Crippen molar-refractivity contribution in [2.24, 2.45) is 5.92 Å². The number of carbonyl (C=O) groups is 1. The van der Waals surface area contributed by atoms with E-state index in [-0.39, 0.29) is 5.97 Å². The first-order valence-electron chi connectivity index (χ1n) is 8.09. The number of ether oxygens (including phenoxy) is 1. The molecule has 0 radical (unpaired) electrons. The minimum absolute atomic E-state index is 0.0787. The molecule has 0 bridgehead atoms. The topological polar surface area (TPSA) is 29.5 Å². The van der Waals surface area contributed by atoms with E-state index in [9.17, 15) is 4.79 Å². The van der Waals surface area contributed by atoms with Gasteiger partial charge in [-0.05, 0) is 36.8 Å². The molecule has 116 valence electrons. The molecule has 1 aromatic carbocycles. The molecular weight excluding hydrogens is 262 g/mol. The minimum Gasteiger partial charge on any atom is -0.466 e. The molecule has 0 spiro atoms. The monoisotopic (exact) mass is 289 g/mol. The fourth-order valence-corrected chi connectivity index (χ4v) is 3.22. The maximum absolute atomic E-state index is 11.7. The predicted octanol–water partition coefficient (Wildman–Crippen LogP) is 3.59. The van der Waals surface area contributed by atoms with Crippen LogP contribution in [0, 0.1) is 5.92 Å². The van der Waals surface area contributed by atoms with Gasteiger partial charge < -0.3 is 4.74 Å². The van der Waals surface area contributed by atoms with Gasteiger partial charge in [0.15, 0.2) is 0 Å². The van der Waals surface area contributed by atoms with Crippen LogP contribution in [0.3, 0.4) is 0 Å². The zero-order valence-corrected chi connectivity index (χ0v) is 13.5. The van der Waals surface area contributed by atoms with Gasteiger partial charge in [-0.15, -0.1) is 0 Å². The normalized spacial score (nSPS) is 18.6. The molecular formula is C18H27NO2. The molecule has 1 aliphatic rings. The lowest BCUT2D eigenvalue weighted by molar-refractivity contribution is -0.143. The Hall–Kier alpha value is -1.35. The molecule has 1 aromatic rings. The summed E-state index contributed by atoms with van der Waals surface area (Å²) in [6, 6.07) is 9.01. The van der Waals surface area contributed by atoms with Gasteiger partial charge in [-0.3, -0.25) is 9.69 Å². The zero-order chi connectivity index (χ0) is 15.2. The summed E-state index contributed by atoms with van der Waals surface area (Å²) in [5, 5.41) is 0. The van der Waals surface area contributed by atoms with E-state index in [1.165, 1.54) is 11.1 Å². The van der Waals surface area contributed by atoms with Gasteiger partial charge in [-0.2, -0.15) is 0 Å². The van der Waals surface area contributed by atoms with Crippen molar-refractivity contribution in [3.05, 3.63) is 35.4 Å². The van der Waals surface area contributed by atoms with Gasteiger partial charge in [-0.1, -0.05) is 38.1 Å². The summed E-state index contributed by atoms with van der Waals surface area (Å²) in [5.74, 6) is 0.561. The second-order valence-electron chi connectivity index (χ2n) is 6.20. The number of hydrogen-bond donors (Lipinski definition) is 0. The van der Waals surface area contributed by atoms with E-state index >= 15 is 0 Å². The number of rotatable bonds is 6. The van der Waals surface area contributed by atoms with Gasteiger partial charge in [0.2, 0.25) is 0 Å². The van der Waals surface area contributed by atoms with E-state index in [0.717, 1.165) is 25.9 Å². The van der Waals surface area contributed by atoms with Crippen molar-refractivity contribution < 1.29 is 9.53 Å². The largest absolute Gasteiger partial charge is 0.466 e. The summed E-state index contributed by atoms with van der Waals surface area (Å²) in [6.07, 6.45) is 2.46. The molecule has 0 aliphatic carbocycles. The maximum atomic E-state index is 11.7. The Morgan fingerprint density at radius 1 is 1.38 bits per heavy atom. The van der Waals surface area contributed by atoms with Crippen molar-refractivity contribution in [3.63, 3.8) is 0 Å². The molecule has 0 N–H and O–H groups in total. The average molecular weight is 289 g/mol. The fourth-order valence-electron chi connectivity index (χ4n) is 3.22. The SMILES string of the molecule is CCOC(=O)CCC1c2ccccc2CCN1CC(C)C. The van der Waals surface area contributed by atoms with Crippen LogP contribution in [0.25, 0.3) is 0 Å². The van der Waals surface area contributed by atoms with Gasteiger partial charge in [-0.25, -0.2) is 0 Å². The number of carbonyl (C=O) groups excluding carboxylic acids is 1. The van der Waals surface area contributed by atoms with E-state index in [4.69, 9.17) is 4.74 Å². The van der Waals surface area contributed by atoms with Crippen LogP contribution in [0.1, 0.15) is 50.8 Å². The Morgan fingerprint density at radius 3 is 2.86 bits per heavy atom. The fraction of sp³-hybridized carbons (Fsp3) is 0.611. The molecule has 1 aliphatic heterocycles. The van der Waals surface area contributed by atoms with Crippen molar-refractivity contribution in [3.8, 4) is 0 Å². The molecule has 3 nitrogen and oxygen atoms in total. The third-order valence-corrected chi connectivity index (χ3v) is 4.05. The highest BCUT2D eigenvalue weighted by Gasteiger charge is 2.27. The lowest BCUT2D eigenvalue weighted by Crippen LogP contribution is -2.38. The van der Waals surface area contributed by atoms with Crippen LogP contribution in [0.2, 0.25) is 0 Å². The Bertz CT molecular complexity index is 470. The van der Waals surface area contributed by atoms with E-state index in [0.29, 0.717) is 25.0 Å². The van der Waals surface area contributed by atoms with Crippen molar-refractivity contribution in [1.82, 2.24) is 4.90 Å². The smallest absolute Gasteiger partial charge is 0.305 e. The molecule has 2 rings (SSSR count). The second kappa shape index (κ2) is 7.60. The predicted molar refractivity (Wildman–Crippen MR) is 85.2 cm³/mol. The first kappa shape index (κ1) is 16.0. The minimum atomic E-state index is -0.0787.